The van der Waals surface area contributed by atoms with E-state index in [1.165, 1.54) is 23.3 Å². The SMILES string of the molecule is Cc1ccc(C(=O)NCC(c2cccs2)N2CCCC2)cc1C. The molecule has 1 fully saturated rings. The van der Waals surface area contributed by atoms with Crippen LogP contribution in [0, 0.1) is 13.8 Å². The van der Waals surface area contributed by atoms with Crippen LogP contribution in [0.2, 0.25) is 0 Å². The molecule has 0 saturated carbocycles. The number of rotatable bonds is 5. The van der Waals surface area contributed by atoms with E-state index in [-0.39, 0.29) is 5.91 Å². The summed E-state index contributed by atoms with van der Waals surface area (Å²) in [5.74, 6) is 0.0221. The Labute approximate surface area is 142 Å². The third-order valence-corrected chi connectivity index (χ3v) is 5.65. The van der Waals surface area contributed by atoms with Gasteiger partial charge in [0, 0.05) is 17.0 Å². The third-order valence-electron chi connectivity index (χ3n) is 4.68. The highest BCUT2D eigenvalue weighted by Crippen LogP contribution is 2.27. The molecule has 2 heterocycles. The average Bonchev–Trinajstić information content (AvgIpc) is 3.24. The van der Waals surface area contributed by atoms with Gasteiger partial charge in [-0.1, -0.05) is 12.1 Å². The first kappa shape index (κ1) is 16.2. The predicted octanol–water partition coefficient (Wildman–Crippen LogP) is 3.93. The standard InChI is InChI=1S/C19H24N2OS/c1-14-7-8-16(12-15(14)2)19(22)20-13-17(18-6-5-11-23-18)21-9-3-4-10-21/h5-8,11-12,17H,3-4,9-10,13H2,1-2H3,(H,20,22). The summed E-state index contributed by atoms with van der Waals surface area (Å²) in [5, 5.41) is 5.25. The Kier molecular flexibility index (Phi) is 5.13. The van der Waals surface area contributed by atoms with Gasteiger partial charge in [-0.2, -0.15) is 0 Å². The van der Waals surface area contributed by atoms with Gasteiger partial charge >= 0.3 is 0 Å². The van der Waals surface area contributed by atoms with E-state index in [0.717, 1.165) is 24.2 Å². The fourth-order valence-corrected chi connectivity index (χ4v) is 3.98. The quantitative estimate of drug-likeness (QED) is 0.902. The van der Waals surface area contributed by atoms with E-state index in [1.54, 1.807) is 11.3 Å². The summed E-state index contributed by atoms with van der Waals surface area (Å²) >= 11 is 1.78. The van der Waals surface area contributed by atoms with Crippen LogP contribution in [-0.4, -0.2) is 30.4 Å². The molecule has 3 nitrogen and oxygen atoms in total. The Morgan fingerprint density at radius 1 is 1.22 bits per heavy atom. The number of benzene rings is 1. The monoisotopic (exact) mass is 328 g/mol. The van der Waals surface area contributed by atoms with Gasteiger partial charge in [-0.3, -0.25) is 9.69 Å². The highest BCUT2D eigenvalue weighted by molar-refractivity contribution is 7.10. The molecular weight excluding hydrogens is 304 g/mol. The number of carbonyl (C=O) groups excluding carboxylic acids is 1. The summed E-state index contributed by atoms with van der Waals surface area (Å²) in [6, 6.07) is 10.5. The third kappa shape index (κ3) is 3.82. The Morgan fingerprint density at radius 2 is 2.00 bits per heavy atom. The highest BCUT2D eigenvalue weighted by Gasteiger charge is 2.24. The van der Waals surface area contributed by atoms with E-state index < -0.39 is 0 Å². The lowest BCUT2D eigenvalue weighted by Gasteiger charge is -2.27. The van der Waals surface area contributed by atoms with Gasteiger partial charge in [-0.15, -0.1) is 11.3 Å². The summed E-state index contributed by atoms with van der Waals surface area (Å²) < 4.78 is 0. The zero-order valence-corrected chi connectivity index (χ0v) is 14.7. The minimum absolute atomic E-state index is 0.0221. The van der Waals surface area contributed by atoms with Gasteiger partial charge in [-0.05, 0) is 74.5 Å². The minimum Gasteiger partial charge on any atom is -0.350 e. The van der Waals surface area contributed by atoms with Crippen molar-refractivity contribution in [3.8, 4) is 0 Å². The second-order valence-corrected chi connectivity index (χ2v) is 7.26. The molecule has 23 heavy (non-hydrogen) atoms. The zero-order valence-electron chi connectivity index (χ0n) is 13.8. The highest BCUT2D eigenvalue weighted by atomic mass is 32.1. The van der Waals surface area contributed by atoms with Gasteiger partial charge in [0.2, 0.25) is 0 Å². The Balaban J connectivity index is 1.68. The zero-order chi connectivity index (χ0) is 16.2. The van der Waals surface area contributed by atoms with Crippen molar-refractivity contribution in [2.75, 3.05) is 19.6 Å². The molecule has 1 amide bonds. The number of carbonyl (C=O) groups is 1. The van der Waals surface area contributed by atoms with Gasteiger partial charge in [-0.25, -0.2) is 0 Å². The van der Waals surface area contributed by atoms with Crippen LogP contribution < -0.4 is 5.32 Å². The van der Waals surface area contributed by atoms with E-state index in [1.807, 2.05) is 25.1 Å². The Hall–Kier alpha value is -1.65. The van der Waals surface area contributed by atoms with Gasteiger partial charge in [0.25, 0.3) is 5.91 Å². The van der Waals surface area contributed by atoms with E-state index >= 15 is 0 Å². The Morgan fingerprint density at radius 3 is 2.65 bits per heavy atom. The first-order valence-corrected chi connectivity index (χ1v) is 9.16. The number of amides is 1. The lowest BCUT2D eigenvalue weighted by Crippen LogP contribution is -2.36. The van der Waals surface area contributed by atoms with E-state index in [9.17, 15) is 4.79 Å². The Bertz CT molecular complexity index is 660. The van der Waals surface area contributed by atoms with Crippen LogP contribution in [0.1, 0.15) is 45.2 Å². The molecule has 3 rings (SSSR count). The van der Waals surface area contributed by atoms with Crippen molar-refractivity contribution in [3.05, 3.63) is 57.3 Å². The fourth-order valence-electron chi connectivity index (χ4n) is 3.12. The smallest absolute Gasteiger partial charge is 0.251 e. The van der Waals surface area contributed by atoms with Crippen LogP contribution in [0.3, 0.4) is 0 Å². The van der Waals surface area contributed by atoms with Gasteiger partial charge < -0.3 is 5.32 Å². The molecule has 2 aromatic rings. The first-order valence-electron chi connectivity index (χ1n) is 8.28. The van der Waals surface area contributed by atoms with Crippen molar-refractivity contribution < 1.29 is 4.79 Å². The second-order valence-electron chi connectivity index (χ2n) is 6.28. The number of thiophene rings is 1. The van der Waals surface area contributed by atoms with E-state index in [0.29, 0.717) is 12.6 Å². The number of likely N-dealkylation sites (tertiary alicyclic amines) is 1. The number of aryl methyl sites for hydroxylation is 2. The molecule has 1 atom stereocenters. The second kappa shape index (κ2) is 7.28. The molecule has 0 aliphatic carbocycles. The molecule has 1 saturated heterocycles. The normalized spacial score (nSPS) is 16.4. The molecule has 0 radical (unpaired) electrons. The van der Waals surface area contributed by atoms with Crippen LogP contribution in [0.15, 0.2) is 35.7 Å². The van der Waals surface area contributed by atoms with Gasteiger partial charge in [0.15, 0.2) is 0 Å². The van der Waals surface area contributed by atoms with E-state index in [2.05, 4.69) is 34.7 Å². The number of nitrogens with zero attached hydrogens (tertiary/aromatic N) is 1. The summed E-state index contributed by atoms with van der Waals surface area (Å²) in [4.78, 5) is 16.3. The number of nitrogens with one attached hydrogen (secondary N) is 1. The van der Waals surface area contributed by atoms with Crippen molar-refractivity contribution in [3.63, 3.8) is 0 Å². The van der Waals surface area contributed by atoms with Gasteiger partial charge in [0.05, 0.1) is 6.04 Å². The molecule has 1 aliphatic rings. The first-order chi connectivity index (χ1) is 11.1. The summed E-state index contributed by atoms with van der Waals surface area (Å²) in [6.07, 6.45) is 2.51. The molecular formula is C19H24N2OS. The topological polar surface area (TPSA) is 32.3 Å². The maximum atomic E-state index is 12.5. The van der Waals surface area contributed by atoms with Crippen molar-refractivity contribution in [1.29, 1.82) is 0 Å². The summed E-state index contributed by atoms with van der Waals surface area (Å²) in [7, 11) is 0. The van der Waals surface area contributed by atoms with Crippen molar-refractivity contribution in [1.82, 2.24) is 10.2 Å². The van der Waals surface area contributed by atoms with Crippen LogP contribution in [-0.2, 0) is 0 Å². The largest absolute Gasteiger partial charge is 0.350 e. The molecule has 1 aromatic carbocycles. The summed E-state index contributed by atoms with van der Waals surface area (Å²) in [6.45, 7) is 7.04. The molecule has 0 spiro atoms. The van der Waals surface area contributed by atoms with Crippen molar-refractivity contribution >= 4 is 17.2 Å². The molecule has 0 bridgehead atoms. The van der Waals surface area contributed by atoms with E-state index in [4.69, 9.17) is 0 Å². The van der Waals surface area contributed by atoms with Gasteiger partial charge in [0.1, 0.15) is 0 Å². The molecule has 1 aromatic heterocycles. The summed E-state index contributed by atoms with van der Waals surface area (Å²) in [5.41, 5.74) is 3.13. The molecule has 1 unspecified atom stereocenters. The number of hydrogen-bond donors (Lipinski definition) is 1. The van der Waals surface area contributed by atoms with Crippen LogP contribution in [0.5, 0.6) is 0 Å². The maximum Gasteiger partial charge on any atom is 0.251 e. The molecule has 1 N–H and O–H groups in total. The molecule has 1 aliphatic heterocycles. The lowest BCUT2D eigenvalue weighted by molar-refractivity contribution is 0.0938. The lowest BCUT2D eigenvalue weighted by atomic mass is 10.1. The molecule has 122 valence electrons. The fraction of sp³-hybridized carbons (Fsp3) is 0.421. The number of hydrogen-bond acceptors (Lipinski definition) is 3. The predicted molar refractivity (Wildman–Crippen MR) is 96.1 cm³/mol. The minimum atomic E-state index is 0.0221. The van der Waals surface area contributed by atoms with Crippen LogP contribution >= 0.6 is 11.3 Å². The maximum absolute atomic E-state index is 12.5. The van der Waals surface area contributed by atoms with Crippen molar-refractivity contribution in [2.24, 2.45) is 0 Å². The van der Waals surface area contributed by atoms with Crippen molar-refractivity contribution in [2.45, 2.75) is 32.7 Å². The van der Waals surface area contributed by atoms with Crippen LogP contribution in [0.25, 0.3) is 0 Å². The van der Waals surface area contributed by atoms with Crippen LogP contribution in [0.4, 0.5) is 0 Å². The average molecular weight is 328 g/mol. The molecule has 4 heteroatoms.